The molecule has 3 rings (SSSR count). The minimum Gasteiger partial charge on any atom is -0.493 e. The number of ether oxygens (including phenoxy) is 3. The molecular formula is C20H24ClNO4. The SMILES string of the molecule is COc1cc2c(cc1OC)CN(C[C@H](O)COc1ccc(Cl)cc1)CC2. The Balaban J connectivity index is 1.55. The van der Waals surface area contributed by atoms with Crippen LogP contribution in [-0.2, 0) is 13.0 Å². The number of benzene rings is 2. The lowest BCUT2D eigenvalue weighted by Gasteiger charge is -2.31. The van der Waals surface area contributed by atoms with Gasteiger partial charge in [0.25, 0.3) is 0 Å². The standard InChI is InChI=1S/C20H24ClNO4/c1-24-19-9-14-7-8-22(11-15(14)10-20(19)25-2)12-17(23)13-26-18-5-3-16(21)4-6-18/h3-6,9-10,17,23H,7-8,11-13H2,1-2H3/t17-/m0/s1. The Hall–Kier alpha value is -1.95. The predicted molar refractivity (Wildman–Crippen MR) is 101 cm³/mol. The Morgan fingerprint density at radius 1 is 1.08 bits per heavy atom. The molecule has 1 heterocycles. The van der Waals surface area contributed by atoms with E-state index in [0.29, 0.717) is 17.3 Å². The molecule has 0 saturated heterocycles. The van der Waals surface area contributed by atoms with E-state index in [1.54, 1.807) is 38.5 Å². The average molecular weight is 378 g/mol. The maximum Gasteiger partial charge on any atom is 0.161 e. The minimum absolute atomic E-state index is 0.247. The van der Waals surface area contributed by atoms with E-state index in [2.05, 4.69) is 4.90 Å². The van der Waals surface area contributed by atoms with Gasteiger partial charge in [-0.25, -0.2) is 0 Å². The van der Waals surface area contributed by atoms with E-state index in [-0.39, 0.29) is 6.61 Å². The average Bonchev–Trinajstić information content (AvgIpc) is 2.66. The molecule has 0 bridgehead atoms. The summed E-state index contributed by atoms with van der Waals surface area (Å²) < 4.78 is 16.4. The van der Waals surface area contributed by atoms with Gasteiger partial charge < -0.3 is 19.3 Å². The number of nitrogens with zero attached hydrogens (tertiary/aromatic N) is 1. The molecular weight excluding hydrogens is 354 g/mol. The lowest BCUT2D eigenvalue weighted by Crippen LogP contribution is -2.38. The van der Waals surface area contributed by atoms with Crippen LogP contribution in [0.4, 0.5) is 0 Å². The highest BCUT2D eigenvalue weighted by molar-refractivity contribution is 6.30. The molecule has 0 aliphatic carbocycles. The molecule has 0 unspecified atom stereocenters. The van der Waals surface area contributed by atoms with Crippen molar-refractivity contribution in [3.8, 4) is 17.2 Å². The molecule has 5 nitrogen and oxygen atoms in total. The third kappa shape index (κ3) is 4.61. The fourth-order valence-corrected chi connectivity index (χ4v) is 3.30. The van der Waals surface area contributed by atoms with E-state index in [1.165, 1.54) is 11.1 Å². The molecule has 1 aliphatic rings. The van der Waals surface area contributed by atoms with Crippen LogP contribution in [0.3, 0.4) is 0 Å². The van der Waals surface area contributed by atoms with Gasteiger partial charge >= 0.3 is 0 Å². The maximum absolute atomic E-state index is 10.3. The van der Waals surface area contributed by atoms with Gasteiger partial charge in [0, 0.05) is 24.7 Å². The molecule has 1 aliphatic heterocycles. The fourth-order valence-electron chi connectivity index (χ4n) is 3.17. The van der Waals surface area contributed by atoms with Crippen LogP contribution in [0.15, 0.2) is 36.4 Å². The molecule has 0 amide bonds. The van der Waals surface area contributed by atoms with Gasteiger partial charge in [0.15, 0.2) is 11.5 Å². The fraction of sp³-hybridized carbons (Fsp3) is 0.400. The smallest absolute Gasteiger partial charge is 0.161 e. The van der Waals surface area contributed by atoms with Crippen LogP contribution in [0.25, 0.3) is 0 Å². The van der Waals surface area contributed by atoms with Crippen molar-refractivity contribution >= 4 is 11.6 Å². The second-order valence-corrected chi connectivity index (χ2v) is 6.82. The normalized spacial score (nSPS) is 15.2. The number of methoxy groups -OCH3 is 2. The van der Waals surface area contributed by atoms with Gasteiger partial charge in [-0.3, -0.25) is 4.90 Å². The summed E-state index contributed by atoms with van der Waals surface area (Å²) in [6.07, 6.45) is 0.354. The van der Waals surface area contributed by atoms with Gasteiger partial charge in [-0.15, -0.1) is 0 Å². The number of aliphatic hydroxyl groups is 1. The van der Waals surface area contributed by atoms with Crippen molar-refractivity contribution in [2.45, 2.75) is 19.1 Å². The molecule has 6 heteroatoms. The van der Waals surface area contributed by atoms with Crippen molar-refractivity contribution in [2.24, 2.45) is 0 Å². The minimum atomic E-state index is -0.563. The molecule has 0 spiro atoms. The van der Waals surface area contributed by atoms with Crippen LogP contribution in [0, 0.1) is 0 Å². The summed E-state index contributed by atoms with van der Waals surface area (Å²) >= 11 is 5.86. The zero-order chi connectivity index (χ0) is 18.5. The summed E-state index contributed by atoms with van der Waals surface area (Å²) in [6, 6.07) is 11.2. The van der Waals surface area contributed by atoms with Crippen molar-refractivity contribution in [2.75, 3.05) is 33.9 Å². The summed E-state index contributed by atoms with van der Waals surface area (Å²) in [5.41, 5.74) is 2.48. The van der Waals surface area contributed by atoms with Crippen LogP contribution in [0.5, 0.6) is 17.2 Å². The number of fused-ring (bicyclic) bond motifs is 1. The van der Waals surface area contributed by atoms with Gasteiger partial charge in [0.1, 0.15) is 18.5 Å². The van der Waals surface area contributed by atoms with Gasteiger partial charge in [-0.2, -0.15) is 0 Å². The Labute approximate surface area is 159 Å². The lowest BCUT2D eigenvalue weighted by molar-refractivity contribution is 0.0637. The number of halogens is 1. The zero-order valence-corrected chi connectivity index (χ0v) is 15.8. The molecule has 1 atom stereocenters. The van der Waals surface area contributed by atoms with Crippen molar-refractivity contribution in [1.82, 2.24) is 4.90 Å². The monoisotopic (exact) mass is 377 g/mol. The Kier molecular flexibility index (Phi) is 6.25. The Morgan fingerprint density at radius 2 is 1.73 bits per heavy atom. The molecule has 140 valence electrons. The first-order valence-corrected chi connectivity index (χ1v) is 8.99. The number of rotatable bonds is 7. The van der Waals surface area contributed by atoms with E-state index >= 15 is 0 Å². The summed E-state index contributed by atoms with van der Waals surface area (Å²) in [5, 5.41) is 11.0. The quantitative estimate of drug-likeness (QED) is 0.803. The second-order valence-electron chi connectivity index (χ2n) is 6.38. The van der Waals surface area contributed by atoms with E-state index in [0.717, 1.165) is 31.0 Å². The molecule has 2 aromatic rings. The molecule has 1 N–H and O–H groups in total. The molecule has 26 heavy (non-hydrogen) atoms. The zero-order valence-electron chi connectivity index (χ0n) is 15.1. The van der Waals surface area contributed by atoms with Crippen molar-refractivity contribution in [3.63, 3.8) is 0 Å². The number of hydrogen-bond donors (Lipinski definition) is 1. The largest absolute Gasteiger partial charge is 0.493 e. The van der Waals surface area contributed by atoms with Crippen molar-refractivity contribution in [1.29, 1.82) is 0 Å². The first kappa shape index (κ1) is 18.8. The Morgan fingerprint density at radius 3 is 2.38 bits per heavy atom. The molecule has 0 fully saturated rings. The second kappa shape index (κ2) is 8.62. The number of hydrogen-bond acceptors (Lipinski definition) is 5. The van der Waals surface area contributed by atoms with E-state index in [9.17, 15) is 5.11 Å². The molecule has 2 aromatic carbocycles. The predicted octanol–water partition coefficient (Wildman–Crippen LogP) is 3.16. The topological polar surface area (TPSA) is 51.2 Å². The molecule has 0 saturated carbocycles. The molecule has 0 radical (unpaired) electrons. The number of β-amino-alcohol motifs (C(OH)–C–C–N with tert-alkyl or cyclic N) is 1. The third-order valence-corrected chi connectivity index (χ3v) is 4.77. The highest BCUT2D eigenvalue weighted by atomic mass is 35.5. The van der Waals surface area contributed by atoms with Crippen molar-refractivity contribution in [3.05, 3.63) is 52.5 Å². The summed E-state index contributed by atoms with van der Waals surface area (Å²) in [7, 11) is 3.29. The van der Waals surface area contributed by atoms with Gasteiger partial charge in [-0.05, 0) is 53.9 Å². The third-order valence-electron chi connectivity index (χ3n) is 4.52. The van der Waals surface area contributed by atoms with Gasteiger partial charge in [0.05, 0.1) is 14.2 Å². The highest BCUT2D eigenvalue weighted by Crippen LogP contribution is 2.33. The first-order chi connectivity index (χ1) is 12.6. The van der Waals surface area contributed by atoms with Crippen LogP contribution >= 0.6 is 11.6 Å². The summed E-state index contributed by atoms with van der Waals surface area (Å²) in [5.74, 6) is 2.20. The van der Waals surface area contributed by atoms with Gasteiger partial charge in [-0.1, -0.05) is 11.6 Å². The molecule has 0 aromatic heterocycles. The van der Waals surface area contributed by atoms with Crippen molar-refractivity contribution < 1.29 is 19.3 Å². The van der Waals surface area contributed by atoms with Crippen LogP contribution in [0.1, 0.15) is 11.1 Å². The Bertz CT molecular complexity index is 735. The maximum atomic E-state index is 10.3. The van der Waals surface area contributed by atoms with E-state index < -0.39 is 6.10 Å². The highest BCUT2D eigenvalue weighted by Gasteiger charge is 2.21. The van der Waals surface area contributed by atoms with Gasteiger partial charge in [0.2, 0.25) is 0 Å². The lowest BCUT2D eigenvalue weighted by atomic mass is 9.98. The summed E-state index contributed by atoms with van der Waals surface area (Å²) in [6.45, 7) is 2.46. The van der Waals surface area contributed by atoms with Crippen LogP contribution in [0.2, 0.25) is 5.02 Å². The van der Waals surface area contributed by atoms with Crippen LogP contribution in [-0.4, -0.2) is 50.0 Å². The number of aliphatic hydroxyl groups excluding tert-OH is 1. The van der Waals surface area contributed by atoms with Crippen LogP contribution < -0.4 is 14.2 Å². The van der Waals surface area contributed by atoms with E-state index in [1.807, 2.05) is 12.1 Å². The first-order valence-electron chi connectivity index (χ1n) is 8.61. The van der Waals surface area contributed by atoms with E-state index in [4.69, 9.17) is 25.8 Å². The summed E-state index contributed by atoms with van der Waals surface area (Å²) in [4.78, 5) is 2.23.